The van der Waals surface area contributed by atoms with Gasteiger partial charge in [-0.2, -0.15) is 5.10 Å². The summed E-state index contributed by atoms with van der Waals surface area (Å²) in [7, 11) is 0. The van der Waals surface area contributed by atoms with Crippen LogP contribution in [0.1, 0.15) is 18.1 Å². The third-order valence-electron chi connectivity index (χ3n) is 5.14. The van der Waals surface area contributed by atoms with E-state index in [2.05, 4.69) is 28.2 Å². The van der Waals surface area contributed by atoms with Gasteiger partial charge in [-0.15, -0.1) is 0 Å². The van der Waals surface area contributed by atoms with Crippen LogP contribution in [0.25, 0.3) is 0 Å². The highest BCUT2D eigenvalue weighted by atomic mass is 79.9. The van der Waals surface area contributed by atoms with Crippen LogP contribution >= 0.6 is 39.1 Å². The van der Waals surface area contributed by atoms with Crippen molar-refractivity contribution >= 4 is 56.6 Å². The van der Waals surface area contributed by atoms with Gasteiger partial charge >= 0.3 is 6.03 Å². The predicted octanol–water partition coefficient (Wildman–Crippen LogP) is 6.97. The fraction of sp³-hybridized carbons (Fsp3) is 0.130. The summed E-state index contributed by atoms with van der Waals surface area (Å²) < 4.78 is 0.944. The van der Waals surface area contributed by atoms with Crippen molar-refractivity contribution in [3.63, 3.8) is 0 Å². The molecule has 152 valence electrons. The van der Waals surface area contributed by atoms with Gasteiger partial charge in [-0.3, -0.25) is 0 Å². The molecule has 0 spiro atoms. The van der Waals surface area contributed by atoms with Crippen LogP contribution in [0.15, 0.2) is 82.4 Å². The molecule has 7 heteroatoms. The Morgan fingerprint density at radius 1 is 0.967 bits per heavy atom. The van der Waals surface area contributed by atoms with Gasteiger partial charge in [0.05, 0.1) is 17.7 Å². The Morgan fingerprint density at radius 3 is 2.13 bits per heavy atom. The molecule has 0 saturated carbocycles. The number of nitrogens with zero attached hydrogens (tertiary/aromatic N) is 2. The van der Waals surface area contributed by atoms with E-state index in [9.17, 15) is 4.79 Å². The van der Waals surface area contributed by atoms with E-state index >= 15 is 0 Å². The number of nitrogens with one attached hydrogen (secondary N) is 1. The van der Waals surface area contributed by atoms with E-state index < -0.39 is 5.41 Å². The average Bonchev–Trinajstić information content (AvgIpc) is 3.09. The number of carbonyl (C=O) groups is 1. The van der Waals surface area contributed by atoms with Crippen LogP contribution in [0.2, 0.25) is 10.0 Å². The number of hydrogen-bond donors (Lipinski definition) is 1. The molecule has 0 radical (unpaired) electrons. The van der Waals surface area contributed by atoms with Crippen molar-refractivity contribution in [1.29, 1.82) is 0 Å². The minimum atomic E-state index is -0.504. The second-order valence-electron chi connectivity index (χ2n) is 7.29. The number of hydrogen-bond acceptors (Lipinski definition) is 2. The van der Waals surface area contributed by atoms with Gasteiger partial charge in [0.1, 0.15) is 0 Å². The molecule has 4 nitrogen and oxygen atoms in total. The molecular formula is C23H18BrCl2N3O. The summed E-state index contributed by atoms with van der Waals surface area (Å²) >= 11 is 15.6. The minimum Gasteiger partial charge on any atom is -0.306 e. The maximum Gasteiger partial charge on any atom is 0.342 e. The Morgan fingerprint density at radius 2 is 1.53 bits per heavy atom. The summed E-state index contributed by atoms with van der Waals surface area (Å²) in [5, 5.41) is 10.4. The van der Waals surface area contributed by atoms with Crippen molar-refractivity contribution in [2.45, 2.75) is 12.3 Å². The first-order valence-corrected chi connectivity index (χ1v) is 10.9. The summed E-state index contributed by atoms with van der Waals surface area (Å²) in [6.45, 7) is 2.48. The molecule has 1 heterocycles. The molecule has 1 aliphatic rings. The quantitative estimate of drug-likeness (QED) is 0.413. The maximum absolute atomic E-state index is 13.0. The standard InChI is InChI=1S/C23H18BrCl2N3O/c1-23(16-4-10-19(26)11-5-16)14-29(22(30)27-20-12-6-17(24)7-13-20)28-21(23)15-2-8-18(25)9-3-15/h2-13H,14H2,1H3,(H,27,30). The van der Waals surface area contributed by atoms with Crippen molar-refractivity contribution < 1.29 is 4.79 Å². The molecule has 3 aromatic carbocycles. The van der Waals surface area contributed by atoms with E-state index in [-0.39, 0.29) is 6.03 Å². The molecular weight excluding hydrogens is 485 g/mol. The van der Waals surface area contributed by atoms with E-state index in [1.807, 2.05) is 72.8 Å². The average molecular weight is 503 g/mol. The summed E-state index contributed by atoms with van der Waals surface area (Å²) in [4.78, 5) is 13.0. The monoisotopic (exact) mass is 501 g/mol. The summed E-state index contributed by atoms with van der Waals surface area (Å²) in [6, 6.07) is 22.3. The molecule has 0 fully saturated rings. The number of amides is 2. The molecule has 4 rings (SSSR count). The molecule has 0 aliphatic carbocycles. The number of anilines is 1. The van der Waals surface area contributed by atoms with E-state index in [0.29, 0.717) is 22.3 Å². The highest BCUT2D eigenvalue weighted by Crippen LogP contribution is 2.36. The third-order valence-corrected chi connectivity index (χ3v) is 6.17. The number of carbonyl (C=O) groups excluding carboxylic acids is 1. The van der Waals surface area contributed by atoms with Crippen molar-refractivity contribution in [2.24, 2.45) is 5.10 Å². The highest BCUT2D eigenvalue weighted by molar-refractivity contribution is 9.10. The van der Waals surface area contributed by atoms with Crippen molar-refractivity contribution in [1.82, 2.24) is 5.01 Å². The van der Waals surface area contributed by atoms with E-state index in [1.165, 1.54) is 5.01 Å². The topological polar surface area (TPSA) is 44.7 Å². The van der Waals surface area contributed by atoms with Gasteiger partial charge < -0.3 is 5.32 Å². The molecule has 2 amide bonds. The van der Waals surface area contributed by atoms with Gasteiger partial charge in [-0.25, -0.2) is 9.80 Å². The van der Waals surface area contributed by atoms with Gasteiger partial charge in [0.2, 0.25) is 0 Å². The van der Waals surface area contributed by atoms with Crippen LogP contribution in [0.4, 0.5) is 10.5 Å². The normalized spacial score (nSPS) is 18.3. The molecule has 1 N–H and O–H groups in total. The van der Waals surface area contributed by atoms with Crippen LogP contribution in [0, 0.1) is 0 Å². The Labute approximate surface area is 193 Å². The lowest BCUT2D eigenvalue weighted by molar-refractivity contribution is 0.214. The number of rotatable bonds is 3. The number of urea groups is 1. The number of benzene rings is 3. The van der Waals surface area contributed by atoms with Gasteiger partial charge in [0.25, 0.3) is 0 Å². The van der Waals surface area contributed by atoms with Gasteiger partial charge in [0.15, 0.2) is 0 Å². The molecule has 30 heavy (non-hydrogen) atoms. The van der Waals surface area contributed by atoms with Crippen molar-refractivity contribution in [3.8, 4) is 0 Å². The Balaban J connectivity index is 1.69. The van der Waals surface area contributed by atoms with Crippen molar-refractivity contribution in [2.75, 3.05) is 11.9 Å². The first kappa shape index (κ1) is 20.9. The second-order valence-corrected chi connectivity index (χ2v) is 9.08. The van der Waals surface area contributed by atoms with Crippen molar-refractivity contribution in [3.05, 3.63) is 98.4 Å². The maximum atomic E-state index is 13.0. The Kier molecular flexibility index (Phi) is 5.87. The predicted molar refractivity (Wildman–Crippen MR) is 127 cm³/mol. The lowest BCUT2D eigenvalue weighted by Crippen LogP contribution is -2.38. The number of hydrazone groups is 1. The summed E-state index contributed by atoms with van der Waals surface area (Å²) in [6.07, 6.45) is 0. The van der Waals surface area contributed by atoms with Crippen LogP contribution in [-0.4, -0.2) is 23.3 Å². The smallest absolute Gasteiger partial charge is 0.306 e. The first-order valence-electron chi connectivity index (χ1n) is 9.30. The molecule has 1 aliphatic heterocycles. The Hall–Kier alpha value is -2.34. The number of halogens is 3. The fourth-order valence-electron chi connectivity index (χ4n) is 3.51. The van der Waals surface area contributed by atoms with Gasteiger partial charge in [-0.1, -0.05) is 63.4 Å². The Bertz CT molecular complexity index is 1100. The zero-order valence-electron chi connectivity index (χ0n) is 16.1. The summed E-state index contributed by atoms with van der Waals surface area (Å²) in [5.41, 5.74) is 2.93. The van der Waals surface area contributed by atoms with Crippen LogP contribution in [0.5, 0.6) is 0 Å². The van der Waals surface area contributed by atoms with Crippen LogP contribution in [0.3, 0.4) is 0 Å². The zero-order valence-corrected chi connectivity index (χ0v) is 19.2. The molecule has 3 aromatic rings. The molecule has 0 aromatic heterocycles. The van der Waals surface area contributed by atoms with Gasteiger partial charge in [-0.05, 0) is 66.6 Å². The van der Waals surface area contributed by atoms with E-state index in [0.717, 1.165) is 21.3 Å². The zero-order chi connectivity index (χ0) is 21.3. The third kappa shape index (κ3) is 4.24. The first-order chi connectivity index (χ1) is 14.3. The lowest BCUT2D eigenvalue weighted by atomic mass is 9.76. The fourth-order valence-corrected chi connectivity index (χ4v) is 4.03. The summed E-state index contributed by atoms with van der Waals surface area (Å²) in [5.74, 6) is 0. The van der Waals surface area contributed by atoms with E-state index in [1.54, 1.807) is 0 Å². The molecule has 1 atom stereocenters. The highest BCUT2D eigenvalue weighted by Gasteiger charge is 2.42. The SMILES string of the molecule is CC1(c2ccc(Cl)cc2)CN(C(=O)Nc2ccc(Br)cc2)N=C1c1ccc(Cl)cc1. The van der Waals surface area contributed by atoms with Crippen LogP contribution in [-0.2, 0) is 5.41 Å². The van der Waals surface area contributed by atoms with Crippen LogP contribution < -0.4 is 5.32 Å². The molecule has 1 unspecified atom stereocenters. The minimum absolute atomic E-state index is 0.290. The lowest BCUT2D eigenvalue weighted by Gasteiger charge is -2.27. The van der Waals surface area contributed by atoms with E-state index in [4.69, 9.17) is 28.3 Å². The largest absolute Gasteiger partial charge is 0.342 e. The molecule has 0 bridgehead atoms. The molecule has 0 saturated heterocycles. The van der Waals surface area contributed by atoms with Gasteiger partial charge in [0, 0.05) is 20.2 Å². The second kappa shape index (κ2) is 8.42.